The van der Waals surface area contributed by atoms with Crippen LogP contribution in [0.4, 0.5) is 0 Å². The smallest absolute Gasteiger partial charge is 0.260 e. The van der Waals surface area contributed by atoms with E-state index in [9.17, 15) is 9.59 Å². The molecule has 0 saturated heterocycles. The lowest BCUT2D eigenvalue weighted by molar-refractivity contribution is -0.124. The van der Waals surface area contributed by atoms with E-state index in [2.05, 4.69) is 24.0 Å². The molecule has 0 spiro atoms. The van der Waals surface area contributed by atoms with Gasteiger partial charge in [0.05, 0.1) is 5.57 Å². The second kappa shape index (κ2) is 10.0. The van der Waals surface area contributed by atoms with Gasteiger partial charge in [0, 0.05) is 17.9 Å². The monoisotopic (exact) mass is 353 g/mol. The van der Waals surface area contributed by atoms with Crippen molar-refractivity contribution in [2.45, 2.75) is 27.7 Å². The van der Waals surface area contributed by atoms with Crippen LogP contribution in [-0.4, -0.2) is 23.8 Å². The Morgan fingerprint density at radius 3 is 2.50 bits per heavy atom. The Kier molecular flexibility index (Phi) is 8.09. The number of carbonyl (C=O) groups excluding carboxylic acids is 2. The first-order chi connectivity index (χ1) is 12.3. The number of hydrogen-bond donors (Lipinski definition) is 2. The average molecular weight is 353 g/mol. The highest BCUT2D eigenvalue weighted by atomic mass is 16.2. The highest BCUT2D eigenvalue weighted by molar-refractivity contribution is 6.00. The number of hydrogen-bond acceptors (Lipinski definition) is 3. The molecule has 2 amide bonds. The molecule has 1 rings (SSSR count). The van der Waals surface area contributed by atoms with Gasteiger partial charge in [0.15, 0.2) is 0 Å². The van der Waals surface area contributed by atoms with E-state index in [1.165, 1.54) is 5.57 Å². The molecule has 0 aliphatic carbocycles. The summed E-state index contributed by atoms with van der Waals surface area (Å²) in [7, 11) is 0. The third-order valence-corrected chi connectivity index (χ3v) is 3.56. The first kappa shape index (κ1) is 21.0. The second-order valence-corrected chi connectivity index (χ2v) is 6.22. The highest BCUT2D eigenvalue weighted by Gasteiger charge is 2.23. The molecular weight excluding hydrogens is 326 g/mol. The fraction of sp³-hybridized carbons (Fsp3) is 0.238. The summed E-state index contributed by atoms with van der Waals surface area (Å²) in [4.78, 5) is 25.3. The van der Waals surface area contributed by atoms with Crippen molar-refractivity contribution in [3.8, 4) is 0 Å². The number of carbonyl (C=O) groups is 2. The van der Waals surface area contributed by atoms with Crippen molar-refractivity contribution in [3.63, 3.8) is 0 Å². The summed E-state index contributed by atoms with van der Waals surface area (Å²) in [5, 5.41) is 0. The second-order valence-electron chi connectivity index (χ2n) is 6.22. The van der Waals surface area contributed by atoms with E-state index in [1.54, 1.807) is 17.9 Å². The van der Waals surface area contributed by atoms with Gasteiger partial charge in [-0.2, -0.15) is 0 Å². The van der Waals surface area contributed by atoms with Gasteiger partial charge in [-0.1, -0.05) is 49.1 Å². The summed E-state index contributed by atoms with van der Waals surface area (Å²) in [6, 6.07) is 0. The summed E-state index contributed by atoms with van der Waals surface area (Å²) in [5.74, 6) is -0.241. The Labute approximate surface area is 155 Å². The van der Waals surface area contributed by atoms with Crippen LogP contribution in [0.5, 0.6) is 0 Å². The Balaban J connectivity index is 3.31. The van der Waals surface area contributed by atoms with Crippen molar-refractivity contribution in [1.82, 2.24) is 15.8 Å². The standard InChI is InChI=1S/C21H27N3O2/c1-15(2)12-16(3)13-18(5)24-11-9-7-8-10-17(4)20(21(24)26)19(6)23-22-14-25/h7-10,12-14,23H,4-5,11H2,1-3,6H3,(H,22,25)/b9-7-,10-8-,16-13-,20-19-. The number of hydrazine groups is 1. The molecule has 138 valence electrons. The minimum absolute atomic E-state index is 0.241. The van der Waals surface area contributed by atoms with Gasteiger partial charge in [-0.25, -0.2) is 0 Å². The molecule has 1 heterocycles. The molecule has 5 heteroatoms. The lowest BCUT2D eigenvalue weighted by Crippen LogP contribution is -2.35. The van der Waals surface area contributed by atoms with Crippen molar-refractivity contribution in [3.05, 3.63) is 83.3 Å². The lowest BCUT2D eigenvalue weighted by Gasteiger charge is -2.24. The van der Waals surface area contributed by atoms with Gasteiger partial charge in [0.25, 0.3) is 5.91 Å². The SMILES string of the molecule is C=C1/C=C\C=C/CN(C(=C)/C=C(/C)C=C(C)C)C(=O)/C1=C(/C)NNC=O. The van der Waals surface area contributed by atoms with E-state index in [4.69, 9.17) is 0 Å². The topological polar surface area (TPSA) is 61.4 Å². The van der Waals surface area contributed by atoms with Crippen molar-refractivity contribution in [2.24, 2.45) is 0 Å². The third-order valence-electron chi connectivity index (χ3n) is 3.56. The Morgan fingerprint density at radius 1 is 1.19 bits per heavy atom. The zero-order valence-corrected chi connectivity index (χ0v) is 15.9. The minimum Gasteiger partial charge on any atom is -0.305 e. The molecule has 1 aliphatic heterocycles. The van der Waals surface area contributed by atoms with Gasteiger partial charge in [-0.05, 0) is 44.9 Å². The fourth-order valence-corrected chi connectivity index (χ4v) is 2.54. The number of amides is 2. The maximum atomic E-state index is 13.2. The maximum absolute atomic E-state index is 13.2. The molecular formula is C21H27N3O2. The molecule has 26 heavy (non-hydrogen) atoms. The van der Waals surface area contributed by atoms with E-state index in [0.717, 1.165) is 5.57 Å². The number of nitrogens with zero attached hydrogens (tertiary/aromatic N) is 1. The zero-order valence-electron chi connectivity index (χ0n) is 15.9. The molecule has 0 fully saturated rings. The van der Waals surface area contributed by atoms with Gasteiger partial charge in [-0.3, -0.25) is 15.0 Å². The Hall–Kier alpha value is -3.08. The van der Waals surface area contributed by atoms with Gasteiger partial charge < -0.3 is 10.3 Å². The average Bonchev–Trinajstić information content (AvgIpc) is 2.61. The fourth-order valence-electron chi connectivity index (χ4n) is 2.54. The van der Waals surface area contributed by atoms with Crippen LogP contribution < -0.4 is 10.9 Å². The summed E-state index contributed by atoms with van der Waals surface area (Å²) < 4.78 is 0. The van der Waals surface area contributed by atoms with Crippen LogP contribution in [0.15, 0.2) is 83.3 Å². The summed E-state index contributed by atoms with van der Waals surface area (Å²) in [6.07, 6.45) is 11.7. The first-order valence-corrected chi connectivity index (χ1v) is 8.30. The van der Waals surface area contributed by atoms with Crippen LogP contribution in [0.1, 0.15) is 27.7 Å². The van der Waals surface area contributed by atoms with Gasteiger partial charge in [0.2, 0.25) is 6.41 Å². The molecule has 0 saturated carbocycles. The quantitative estimate of drug-likeness (QED) is 0.333. The van der Waals surface area contributed by atoms with Gasteiger partial charge >= 0.3 is 0 Å². The van der Waals surface area contributed by atoms with E-state index in [0.29, 0.717) is 35.5 Å². The van der Waals surface area contributed by atoms with E-state index < -0.39 is 0 Å². The van der Waals surface area contributed by atoms with Crippen molar-refractivity contribution in [1.29, 1.82) is 0 Å². The van der Waals surface area contributed by atoms with Crippen LogP contribution in [0.3, 0.4) is 0 Å². The molecule has 0 unspecified atom stereocenters. The number of allylic oxidation sites excluding steroid dienone is 8. The van der Waals surface area contributed by atoms with Crippen LogP contribution in [0.2, 0.25) is 0 Å². The molecule has 0 atom stereocenters. The molecule has 0 bridgehead atoms. The largest absolute Gasteiger partial charge is 0.305 e. The van der Waals surface area contributed by atoms with Gasteiger partial charge in [0.1, 0.15) is 0 Å². The van der Waals surface area contributed by atoms with Crippen molar-refractivity contribution >= 4 is 12.3 Å². The van der Waals surface area contributed by atoms with Gasteiger partial charge in [-0.15, -0.1) is 0 Å². The van der Waals surface area contributed by atoms with Crippen molar-refractivity contribution in [2.75, 3.05) is 6.54 Å². The normalized spacial score (nSPS) is 19.5. The number of nitrogens with one attached hydrogen (secondary N) is 2. The summed E-state index contributed by atoms with van der Waals surface area (Å²) >= 11 is 0. The minimum atomic E-state index is -0.241. The van der Waals surface area contributed by atoms with Crippen LogP contribution in [0, 0.1) is 0 Å². The summed E-state index contributed by atoms with van der Waals surface area (Å²) in [5.41, 5.74) is 9.24. The zero-order chi connectivity index (χ0) is 19.7. The molecule has 0 aromatic rings. The first-order valence-electron chi connectivity index (χ1n) is 8.30. The van der Waals surface area contributed by atoms with Crippen LogP contribution in [0.25, 0.3) is 0 Å². The predicted molar refractivity (Wildman–Crippen MR) is 106 cm³/mol. The molecule has 0 aromatic carbocycles. The lowest BCUT2D eigenvalue weighted by atomic mass is 10.0. The molecule has 2 N–H and O–H groups in total. The van der Waals surface area contributed by atoms with E-state index in [1.807, 2.05) is 51.2 Å². The summed E-state index contributed by atoms with van der Waals surface area (Å²) in [6.45, 7) is 16.1. The van der Waals surface area contributed by atoms with E-state index in [-0.39, 0.29) is 5.91 Å². The van der Waals surface area contributed by atoms with E-state index >= 15 is 0 Å². The predicted octanol–water partition coefficient (Wildman–Crippen LogP) is 3.45. The highest BCUT2D eigenvalue weighted by Crippen LogP contribution is 2.21. The Bertz CT molecular complexity index is 745. The Morgan fingerprint density at radius 2 is 1.88 bits per heavy atom. The van der Waals surface area contributed by atoms with Crippen LogP contribution in [-0.2, 0) is 9.59 Å². The third kappa shape index (κ3) is 6.09. The number of rotatable bonds is 6. The molecule has 1 aliphatic rings. The van der Waals surface area contributed by atoms with Crippen molar-refractivity contribution < 1.29 is 9.59 Å². The maximum Gasteiger partial charge on any atom is 0.260 e. The molecule has 0 aromatic heterocycles. The van der Waals surface area contributed by atoms with Crippen LogP contribution >= 0.6 is 0 Å². The molecule has 0 radical (unpaired) electrons. The molecule has 5 nitrogen and oxygen atoms in total.